The van der Waals surface area contributed by atoms with Crippen LogP contribution in [-0.4, -0.2) is 57.0 Å². The van der Waals surface area contributed by atoms with Crippen LogP contribution in [-0.2, 0) is 75.4 Å². The Balaban J connectivity index is 0.955. The van der Waals surface area contributed by atoms with Gasteiger partial charge in [-0.15, -0.1) is 22.7 Å². The largest absolute Gasteiger partial charge is 0.459 e. The monoisotopic (exact) mass is 1220 g/mol. The van der Waals surface area contributed by atoms with Crippen molar-refractivity contribution in [3.8, 4) is 20.9 Å². The molecule has 2 aromatic heterocycles. The van der Waals surface area contributed by atoms with Crippen molar-refractivity contribution < 1.29 is 57.3 Å². The first-order valence-electron chi connectivity index (χ1n) is 28.6. The number of allylic oxidation sites excluding steroid dienone is 2. The molecule has 0 spiro atoms. The molecule has 0 radical (unpaired) electrons. The van der Waals surface area contributed by atoms with Crippen LogP contribution in [0.1, 0.15) is 96.2 Å². The standard InChI is InChI=1S/C74H44N2O12S2/c77-61-49-29-45-25-13-14-26-46(45)30-50(49)62(78)55(61)35-59-75-67-65(89-59)53-34-58-54(33-57(53)73(67,69(81)85-37-41-17-5-1-6-18-41)70(82)86-38-42-19-7-2-8-20-42)66-68(76-60(90-66)36-56-63(79)51-31-47-27-15-16-28-48(47)32-52(51)64(56)80)74(58,71(83)87-39-43-21-9-3-10-22-43)72(84)88-40-44-23-11-4-12-24-44/h1-36H,37-40H2. The fourth-order valence-corrected chi connectivity index (χ4v) is 14.6. The third-order valence-electron chi connectivity index (χ3n) is 16.8. The van der Waals surface area contributed by atoms with Crippen LogP contribution in [0.4, 0.5) is 0 Å². The summed E-state index contributed by atoms with van der Waals surface area (Å²) in [5.74, 6) is -6.61. The summed E-state index contributed by atoms with van der Waals surface area (Å²) in [5.41, 5.74) is -2.50. The fraction of sp³-hybridized carbons (Fsp3) is 0.0811. The minimum Gasteiger partial charge on any atom is -0.459 e. The van der Waals surface area contributed by atoms with Crippen LogP contribution < -0.4 is 0 Å². The molecule has 9 aromatic carbocycles. The van der Waals surface area contributed by atoms with E-state index in [4.69, 9.17) is 28.9 Å². The van der Waals surface area contributed by atoms with E-state index in [2.05, 4.69) is 0 Å². The highest BCUT2D eigenvalue weighted by Crippen LogP contribution is 2.60. The Morgan fingerprint density at radius 3 is 0.867 bits per heavy atom. The second-order valence-electron chi connectivity index (χ2n) is 22.1. The van der Waals surface area contributed by atoms with Crippen LogP contribution in [0.5, 0.6) is 0 Å². The molecule has 14 nitrogen and oxygen atoms in total. The Hall–Kier alpha value is -11.2. The number of hydrogen-bond donors (Lipinski definition) is 0. The molecule has 90 heavy (non-hydrogen) atoms. The number of benzene rings is 9. The maximum Gasteiger partial charge on any atom is 0.334 e. The molecule has 434 valence electrons. The summed E-state index contributed by atoms with van der Waals surface area (Å²) < 4.78 is 24.9. The molecule has 0 bridgehead atoms. The molecule has 0 aliphatic heterocycles. The SMILES string of the molecule is O=C1C(=Cc2nc3c(s2)-c2cc4c(cc2C3(C(=O)OCc2ccccc2)C(=O)OCc2ccccc2)-c2sc(C=C3C(=O)c5cc6ccccc6cc5C3=O)nc2C4(C(=O)OCc2ccccc2)C(=O)OCc2ccccc2)C(=O)c2cc3ccccc3cc21. The van der Waals surface area contributed by atoms with Gasteiger partial charge in [0.25, 0.3) is 0 Å². The topological polar surface area (TPSA) is 199 Å². The molecular weight excluding hydrogens is 1170 g/mol. The van der Waals surface area contributed by atoms with E-state index >= 15 is 19.2 Å². The summed E-state index contributed by atoms with van der Waals surface area (Å²) in [6, 6.07) is 59.8. The van der Waals surface area contributed by atoms with Crippen molar-refractivity contribution in [2.45, 2.75) is 37.3 Å². The lowest BCUT2D eigenvalue weighted by molar-refractivity contribution is -0.166. The lowest BCUT2D eigenvalue weighted by Crippen LogP contribution is -2.47. The predicted molar refractivity (Wildman–Crippen MR) is 336 cm³/mol. The van der Waals surface area contributed by atoms with E-state index in [-0.39, 0.29) is 113 Å². The number of esters is 4. The zero-order valence-corrected chi connectivity index (χ0v) is 48.9. The van der Waals surface area contributed by atoms with E-state index in [1.54, 1.807) is 146 Å². The van der Waals surface area contributed by atoms with Gasteiger partial charge in [-0.3, -0.25) is 38.4 Å². The second kappa shape index (κ2) is 21.9. The van der Waals surface area contributed by atoms with Gasteiger partial charge in [0, 0.05) is 22.3 Å². The van der Waals surface area contributed by atoms with E-state index in [0.717, 1.165) is 44.2 Å². The molecule has 0 N–H and O–H groups in total. The highest BCUT2D eigenvalue weighted by Gasteiger charge is 2.65. The summed E-state index contributed by atoms with van der Waals surface area (Å²) in [6.07, 6.45) is 2.68. The Labute approximate surface area is 520 Å². The number of hydrogen-bond acceptors (Lipinski definition) is 16. The van der Waals surface area contributed by atoms with Gasteiger partial charge in [0.1, 0.15) is 36.4 Å². The molecule has 0 unspecified atom stereocenters. The maximum absolute atomic E-state index is 15.9. The molecule has 0 amide bonds. The zero-order chi connectivity index (χ0) is 61.4. The molecule has 11 aromatic rings. The normalized spacial score (nSPS) is 14.4. The zero-order valence-electron chi connectivity index (χ0n) is 47.2. The molecule has 0 atom stereocenters. The van der Waals surface area contributed by atoms with Crippen LogP contribution in [0.2, 0.25) is 0 Å². The Morgan fingerprint density at radius 1 is 0.344 bits per heavy atom. The molecule has 0 saturated carbocycles. The number of Topliss-reactive ketones (excluding diaryl/α,β-unsaturated/α-hetero) is 4. The van der Waals surface area contributed by atoms with Gasteiger partial charge >= 0.3 is 23.9 Å². The molecule has 15 rings (SSSR count). The number of carbonyl (C=O) groups is 8. The smallest absolute Gasteiger partial charge is 0.334 e. The average molecular weight is 1220 g/mol. The summed E-state index contributed by atoms with van der Waals surface area (Å²) in [5, 5.41) is 3.12. The third kappa shape index (κ3) is 8.89. The van der Waals surface area contributed by atoms with E-state index in [1.807, 2.05) is 48.5 Å². The lowest BCUT2D eigenvalue weighted by Gasteiger charge is -2.28. The first kappa shape index (κ1) is 55.4. The lowest BCUT2D eigenvalue weighted by atomic mass is 9.76. The van der Waals surface area contributed by atoms with E-state index in [1.165, 1.54) is 24.3 Å². The van der Waals surface area contributed by atoms with Crippen molar-refractivity contribution in [2.75, 3.05) is 0 Å². The van der Waals surface area contributed by atoms with Gasteiger partial charge in [-0.25, -0.2) is 9.97 Å². The number of rotatable bonds is 14. The fourth-order valence-electron chi connectivity index (χ4n) is 12.4. The Bertz CT molecular complexity index is 4470. The van der Waals surface area contributed by atoms with Gasteiger partial charge in [0.15, 0.2) is 23.1 Å². The molecular formula is C74H44N2O12S2. The predicted octanol–water partition coefficient (Wildman–Crippen LogP) is 13.3. The summed E-state index contributed by atoms with van der Waals surface area (Å²) in [7, 11) is 0. The number of aromatic nitrogens is 2. The van der Waals surface area contributed by atoms with E-state index in [0.29, 0.717) is 22.3 Å². The maximum atomic E-state index is 15.9. The van der Waals surface area contributed by atoms with Crippen molar-refractivity contribution >= 4 is 103 Å². The van der Waals surface area contributed by atoms with Crippen LogP contribution >= 0.6 is 22.7 Å². The first-order chi connectivity index (χ1) is 43.9. The highest BCUT2D eigenvalue weighted by molar-refractivity contribution is 7.17. The van der Waals surface area contributed by atoms with Crippen molar-refractivity contribution in [1.82, 2.24) is 9.97 Å². The number of ketones is 4. The first-order valence-corrected chi connectivity index (χ1v) is 30.3. The van der Waals surface area contributed by atoms with Crippen molar-refractivity contribution in [2.24, 2.45) is 0 Å². The third-order valence-corrected chi connectivity index (χ3v) is 18.9. The van der Waals surface area contributed by atoms with Crippen molar-refractivity contribution in [3.63, 3.8) is 0 Å². The van der Waals surface area contributed by atoms with Gasteiger partial charge in [-0.2, -0.15) is 0 Å². The molecule has 2 heterocycles. The van der Waals surface area contributed by atoms with E-state index < -0.39 is 57.8 Å². The van der Waals surface area contributed by atoms with Gasteiger partial charge in [0.05, 0.1) is 32.3 Å². The minimum absolute atomic E-state index is 0.00790. The average Bonchev–Trinajstić information content (AvgIpc) is 1.51. The van der Waals surface area contributed by atoms with Crippen LogP contribution in [0, 0.1) is 0 Å². The summed E-state index contributed by atoms with van der Waals surface area (Å²) in [4.78, 5) is 131. The number of carbonyl (C=O) groups excluding carboxylic acids is 8. The highest BCUT2D eigenvalue weighted by atomic mass is 32.1. The van der Waals surface area contributed by atoms with Gasteiger partial charge in [0.2, 0.25) is 10.8 Å². The van der Waals surface area contributed by atoms with Crippen LogP contribution in [0.25, 0.3) is 54.6 Å². The molecule has 4 aliphatic carbocycles. The molecule has 16 heteroatoms. The van der Waals surface area contributed by atoms with Gasteiger partial charge < -0.3 is 18.9 Å². The Kier molecular flexibility index (Phi) is 13.5. The van der Waals surface area contributed by atoms with Gasteiger partial charge in [-0.05, 0) is 115 Å². The molecule has 0 saturated heterocycles. The van der Waals surface area contributed by atoms with Crippen LogP contribution in [0.3, 0.4) is 0 Å². The minimum atomic E-state index is -2.58. The summed E-state index contributed by atoms with van der Waals surface area (Å²) >= 11 is 1.92. The number of thiazole rings is 2. The second-order valence-corrected chi connectivity index (χ2v) is 24.1. The number of fused-ring (bicyclic) bond motifs is 10. The van der Waals surface area contributed by atoms with Gasteiger partial charge in [-0.1, -0.05) is 170 Å². The number of nitrogens with zero attached hydrogens (tertiary/aromatic N) is 2. The van der Waals surface area contributed by atoms with E-state index in [9.17, 15) is 19.2 Å². The van der Waals surface area contributed by atoms with Crippen LogP contribution in [0.15, 0.2) is 217 Å². The quantitative estimate of drug-likeness (QED) is 0.0327. The molecule has 0 fully saturated rings. The number of ether oxygens (including phenoxy) is 4. The molecule has 4 aliphatic rings. The van der Waals surface area contributed by atoms with Crippen molar-refractivity contribution in [3.05, 3.63) is 294 Å². The van der Waals surface area contributed by atoms with Crippen molar-refractivity contribution in [1.29, 1.82) is 0 Å². The Morgan fingerprint density at radius 2 is 0.600 bits per heavy atom. The summed E-state index contributed by atoms with van der Waals surface area (Å²) in [6.45, 7) is -1.23.